The van der Waals surface area contributed by atoms with E-state index in [1.165, 1.54) is 0 Å². The maximum Gasteiger partial charge on any atom is 0.328 e. The van der Waals surface area contributed by atoms with E-state index in [1.54, 1.807) is 6.92 Å². The smallest absolute Gasteiger partial charge is 0.328 e. The largest absolute Gasteiger partial charge is 0.480 e. The molecule has 0 aliphatic carbocycles. The summed E-state index contributed by atoms with van der Waals surface area (Å²) in [6.07, 6.45) is 0. The van der Waals surface area contributed by atoms with E-state index in [1.807, 2.05) is 6.92 Å². The molecule has 19 heavy (non-hydrogen) atoms. The van der Waals surface area contributed by atoms with Crippen LogP contribution in [0.3, 0.4) is 0 Å². The zero-order valence-corrected chi connectivity index (χ0v) is 11.0. The molecule has 0 spiro atoms. The summed E-state index contributed by atoms with van der Waals surface area (Å²) < 4.78 is 5.15. The molecule has 1 aliphatic heterocycles. The van der Waals surface area contributed by atoms with Gasteiger partial charge in [-0.1, -0.05) is 0 Å². The summed E-state index contributed by atoms with van der Waals surface area (Å²) in [5, 5.41) is 14.0. The van der Waals surface area contributed by atoms with E-state index in [2.05, 4.69) is 10.6 Å². The van der Waals surface area contributed by atoms with Crippen molar-refractivity contribution < 1.29 is 24.2 Å². The minimum atomic E-state index is -1.15. The van der Waals surface area contributed by atoms with Gasteiger partial charge in [-0.05, 0) is 13.8 Å². The van der Waals surface area contributed by atoms with E-state index < -0.39 is 18.0 Å². The molecule has 0 bridgehead atoms. The Bertz CT molecular complexity index is 360. The van der Waals surface area contributed by atoms with Crippen LogP contribution < -0.4 is 10.6 Å². The maximum atomic E-state index is 11.9. The van der Waals surface area contributed by atoms with Crippen molar-refractivity contribution in [2.75, 3.05) is 26.3 Å². The zero-order chi connectivity index (χ0) is 14.4. The molecule has 0 saturated carbocycles. The lowest BCUT2D eigenvalue weighted by Gasteiger charge is -2.33. The first kappa shape index (κ1) is 15.2. The Morgan fingerprint density at radius 3 is 2.89 bits per heavy atom. The Kier molecular flexibility index (Phi) is 5.56. The van der Waals surface area contributed by atoms with E-state index in [0.29, 0.717) is 13.2 Å². The normalized spacial score (nSPS) is 20.6. The second-order valence-corrected chi connectivity index (χ2v) is 4.30. The molecule has 0 aromatic rings. The molecule has 1 aliphatic rings. The average Bonchev–Trinajstić information content (AvgIpc) is 2.35. The fraction of sp³-hybridized carbons (Fsp3) is 0.727. The van der Waals surface area contributed by atoms with Crippen molar-refractivity contribution in [3.05, 3.63) is 0 Å². The van der Waals surface area contributed by atoms with Crippen LogP contribution in [0.4, 0.5) is 4.79 Å². The monoisotopic (exact) mass is 273 g/mol. The number of urea groups is 1. The second-order valence-electron chi connectivity index (χ2n) is 4.30. The van der Waals surface area contributed by atoms with Gasteiger partial charge in [-0.25, -0.2) is 9.59 Å². The number of carboxylic acid groups (broad SMARTS) is 1. The van der Waals surface area contributed by atoms with Gasteiger partial charge >= 0.3 is 12.0 Å². The average molecular weight is 273 g/mol. The number of hydrogen-bond acceptors (Lipinski definition) is 4. The summed E-state index contributed by atoms with van der Waals surface area (Å²) in [5.41, 5.74) is 0. The fourth-order valence-electron chi connectivity index (χ4n) is 1.71. The van der Waals surface area contributed by atoms with Gasteiger partial charge in [0.05, 0.1) is 12.6 Å². The molecule has 1 fully saturated rings. The van der Waals surface area contributed by atoms with Crippen molar-refractivity contribution in [1.82, 2.24) is 15.5 Å². The van der Waals surface area contributed by atoms with Gasteiger partial charge in [0.1, 0.15) is 12.6 Å². The Hall–Kier alpha value is -1.83. The van der Waals surface area contributed by atoms with Crippen LogP contribution in [0.5, 0.6) is 0 Å². The van der Waals surface area contributed by atoms with Crippen LogP contribution in [0, 0.1) is 0 Å². The molecule has 3 N–H and O–H groups in total. The SMILES string of the molecule is CCOCC(C)NC(=O)N1CC(=O)NCC1C(=O)O. The molecule has 8 nitrogen and oxygen atoms in total. The summed E-state index contributed by atoms with van der Waals surface area (Å²) in [5.74, 6) is -1.52. The lowest BCUT2D eigenvalue weighted by atomic mass is 10.2. The quantitative estimate of drug-likeness (QED) is 0.596. The number of nitrogens with one attached hydrogen (secondary N) is 2. The Balaban J connectivity index is 2.60. The summed E-state index contributed by atoms with van der Waals surface area (Å²) >= 11 is 0. The number of carbonyl (C=O) groups excluding carboxylic acids is 2. The van der Waals surface area contributed by atoms with Gasteiger partial charge < -0.3 is 20.5 Å². The van der Waals surface area contributed by atoms with Gasteiger partial charge in [-0.3, -0.25) is 9.69 Å². The summed E-state index contributed by atoms with van der Waals surface area (Å²) in [6.45, 7) is 4.10. The Morgan fingerprint density at radius 2 is 2.32 bits per heavy atom. The molecule has 108 valence electrons. The van der Waals surface area contributed by atoms with E-state index in [-0.39, 0.29) is 25.0 Å². The van der Waals surface area contributed by atoms with Crippen molar-refractivity contribution in [2.45, 2.75) is 25.9 Å². The third kappa shape index (κ3) is 4.40. The summed E-state index contributed by atoms with van der Waals surface area (Å²) in [4.78, 5) is 35.3. The van der Waals surface area contributed by atoms with Crippen LogP contribution in [0.1, 0.15) is 13.8 Å². The molecular formula is C11H19N3O5. The highest BCUT2D eigenvalue weighted by Crippen LogP contribution is 2.05. The number of rotatable bonds is 5. The molecule has 0 aromatic heterocycles. The van der Waals surface area contributed by atoms with Gasteiger partial charge in [0.25, 0.3) is 0 Å². The van der Waals surface area contributed by atoms with Crippen LogP contribution >= 0.6 is 0 Å². The van der Waals surface area contributed by atoms with Crippen LogP contribution in [0.2, 0.25) is 0 Å². The first-order valence-electron chi connectivity index (χ1n) is 6.10. The van der Waals surface area contributed by atoms with Crippen molar-refractivity contribution >= 4 is 17.9 Å². The van der Waals surface area contributed by atoms with Gasteiger partial charge in [0.15, 0.2) is 0 Å². The van der Waals surface area contributed by atoms with Crippen LogP contribution in [-0.2, 0) is 14.3 Å². The Labute approximate surface area is 111 Å². The highest BCUT2D eigenvalue weighted by Gasteiger charge is 2.35. The molecule has 2 atom stereocenters. The lowest BCUT2D eigenvalue weighted by Crippen LogP contribution is -2.62. The molecule has 1 saturated heterocycles. The number of amides is 3. The summed E-state index contributed by atoms with van der Waals surface area (Å²) in [7, 11) is 0. The van der Waals surface area contributed by atoms with Gasteiger partial charge in [0, 0.05) is 13.2 Å². The molecule has 2 unspecified atom stereocenters. The first-order valence-corrected chi connectivity index (χ1v) is 6.10. The van der Waals surface area contributed by atoms with Gasteiger partial charge in [-0.2, -0.15) is 0 Å². The van der Waals surface area contributed by atoms with Gasteiger partial charge in [0.2, 0.25) is 5.91 Å². The predicted octanol–water partition coefficient (Wildman–Crippen LogP) is -0.994. The molecule has 3 amide bonds. The van der Waals surface area contributed by atoms with Gasteiger partial charge in [-0.15, -0.1) is 0 Å². The molecule has 0 aromatic carbocycles. The number of ether oxygens (including phenoxy) is 1. The maximum absolute atomic E-state index is 11.9. The van der Waals surface area contributed by atoms with Crippen LogP contribution in [0.15, 0.2) is 0 Å². The van der Waals surface area contributed by atoms with E-state index >= 15 is 0 Å². The van der Waals surface area contributed by atoms with Crippen LogP contribution in [-0.4, -0.2) is 66.3 Å². The van der Waals surface area contributed by atoms with Crippen molar-refractivity contribution in [1.29, 1.82) is 0 Å². The number of carboxylic acids is 1. The van der Waals surface area contributed by atoms with Crippen LogP contribution in [0.25, 0.3) is 0 Å². The number of nitrogens with zero attached hydrogens (tertiary/aromatic N) is 1. The lowest BCUT2D eigenvalue weighted by molar-refractivity contribution is -0.144. The predicted molar refractivity (Wildman–Crippen MR) is 65.6 cm³/mol. The zero-order valence-electron chi connectivity index (χ0n) is 11.0. The molecule has 0 radical (unpaired) electrons. The number of hydrogen-bond donors (Lipinski definition) is 3. The van der Waals surface area contributed by atoms with E-state index in [9.17, 15) is 14.4 Å². The topological polar surface area (TPSA) is 108 Å². The molecular weight excluding hydrogens is 254 g/mol. The highest BCUT2D eigenvalue weighted by molar-refractivity contribution is 5.90. The van der Waals surface area contributed by atoms with E-state index in [4.69, 9.17) is 9.84 Å². The minimum Gasteiger partial charge on any atom is -0.480 e. The first-order chi connectivity index (χ1) is 8.95. The second kappa shape index (κ2) is 6.93. The van der Waals surface area contributed by atoms with E-state index in [0.717, 1.165) is 4.90 Å². The van der Waals surface area contributed by atoms with Crippen molar-refractivity contribution in [3.8, 4) is 0 Å². The number of piperazine rings is 1. The minimum absolute atomic E-state index is 0.0819. The molecule has 1 heterocycles. The molecule has 1 rings (SSSR count). The number of carbonyl (C=O) groups is 3. The van der Waals surface area contributed by atoms with Crippen molar-refractivity contribution in [3.63, 3.8) is 0 Å². The Morgan fingerprint density at radius 1 is 1.63 bits per heavy atom. The third-order valence-electron chi connectivity index (χ3n) is 2.67. The number of aliphatic carboxylic acids is 1. The summed E-state index contributed by atoms with van der Waals surface area (Å²) in [6, 6.07) is -1.88. The standard InChI is InChI=1S/C11H19N3O5/c1-3-19-6-7(2)13-11(18)14-5-9(15)12-4-8(14)10(16)17/h7-8H,3-6H2,1-2H3,(H,12,15)(H,13,18)(H,16,17). The third-order valence-corrected chi connectivity index (χ3v) is 2.67. The fourth-order valence-corrected chi connectivity index (χ4v) is 1.71. The van der Waals surface area contributed by atoms with Crippen molar-refractivity contribution in [2.24, 2.45) is 0 Å². The highest BCUT2D eigenvalue weighted by atomic mass is 16.5. The molecule has 8 heteroatoms.